The third-order valence-electron chi connectivity index (χ3n) is 2.86. The highest BCUT2D eigenvalue weighted by Crippen LogP contribution is 2.31. The third-order valence-corrected chi connectivity index (χ3v) is 2.86. The van der Waals surface area contributed by atoms with Crippen LogP contribution in [0.3, 0.4) is 0 Å². The van der Waals surface area contributed by atoms with Gasteiger partial charge in [0.15, 0.2) is 0 Å². The maximum absolute atomic E-state index is 9.05. The summed E-state index contributed by atoms with van der Waals surface area (Å²) in [5, 5.41) is 12.4. The second-order valence-electron chi connectivity index (χ2n) is 3.91. The quantitative estimate of drug-likeness (QED) is 0.681. The fourth-order valence-corrected chi connectivity index (χ4v) is 1.92. The SMILES string of the molecule is CCNC1(C#N)CCC(C)CC1. The molecular weight excluding hydrogens is 148 g/mol. The minimum atomic E-state index is -0.193. The highest BCUT2D eigenvalue weighted by Gasteiger charge is 2.32. The maximum Gasteiger partial charge on any atom is 0.106 e. The predicted octanol–water partition coefficient (Wildman–Crippen LogP) is 2.07. The van der Waals surface area contributed by atoms with Gasteiger partial charge in [-0.3, -0.25) is 5.32 Å². The number of hydrogen-bond donors (Lipinski definition) is 1. The van der Waals surface area contributed by atoms with Crippen molar-refractivity contribution in [2.45, 2.75) is 45.1 Å². The molecular formula is C10H18N2. The minimum absolute atomic E-state index is 0.193. The topological polar surface area (TPSA) is 35.8 Å². The van der Waals surface area contributed by atoms with Gasteiger partial charge in [0.25, 0.3) is 0 Å². The normalized spacial score (nSPS) is 35.9. The van der Waals surface area contributed by atoms with Crippen molar-refractivity contribution in [3.63, 3.8) is 0 Å². The number of nitrogens with zero attached hydrogens (tertiary/aromatic N) is 1. The van der Waals surface area contributed by atoms with Gasteiger partial charge >= 0.3 is 0 Å². The largest absolute Gasteiger partial charge is 0.300 e. The maximum atomic E-state index is 9.05. The van der Waals surface area contributed by atoms with Gasteiger partial charge in [-0.05, 0) is 38.1 Å². The van der Waals surface area contributed by atoms with E-state index in [1.807, 2.05) is 0 Å². The fourth-order valence-electron chi connectivity index (χ4n) is 1.92. The van der Waals surface area contributed by atoms with Crippen LogP contribution in [0, 0.1) is 17.2 Å². The van der Waals surface area contributed by atoms with Gasteiger partial charge in [-0.25, -0.2) is 0 Å². The zero-order valence-corrected chi connectivity index (χ0v) is 8.06. The van der Waals surface area contributed by atoms with Gasteiger partial charge < -0.3 is 0 Å². The molecule has 0 radical (unpaired) electrons. The first-order valence-corrected chi connectivity index (χ1v) is 4.89. The standard InChI is InChI=1S/C10H18N2/c1-3-12-10(8-11)6-4-9(2)5-7-10/h9,12H,3-7H2,1-2H3. The van der Waals surface area contributed by atoms with E-state index in [0.717, 1.165) is 25.3 Å². The van der Waals surface area contributed by atoms with Crippen LogP contribution < -0.4 is 5.32 Å². The number of rotatable bonds is 2. The summed E-state index contributed by atoms with van der Waals surface area (Å²) in [5.41, 5.74) is -0.193. The first kappa shape index (κ1) is 9.54. The van der Waals surface area contributed by atoms with Crippen LogP contribution in [0.1, 0.15) is 39.5 Å². The molecule has 0 aromatic rings. The van der Waals surface area contributed by atoms with E-state index in [0.29, 0.717) is 0 Å². The highest BCUT2D eigenvalue weighted by atomic mass is 15.0. The highest BCUT2D eigenvalue weighted by molar-refractivity contribution is 5.08. The van der Waals surface area contributed by atoms with Gasteiger partial charge in [-0.2, -0.15) is 5.26 Å². The molecule has 1 aliphatic rings. The Morgan fingerprint density at radius 1 is 1.50 bits per heavy atom. The Morgan fingerprint density at radius 3 is 2.50 bits per heavy atom. The molecule has 1 rings (SSSR count). The van der Waals surface area contributed by atoms with Crippen molar-refractivity contribution >= 4 is 0 Å². The summed E-state index contributed by atoms with van der Waals surface area (Å²) in [4.78, 5) is 0. The Balaban J connectivity index is 2.52. The van der Waals surface area contributed by atoms with E-state index >= 15 is 0 Å². The van der Waals surface area contributed by atoms with Crippen molar-refractivity contribution in [1.29, 1.82) is 5.26 Å². The van der Waals surface area contributed by atoms with E-state index in [2.05, 4.69) is 25.2 Å². The van der Waals surface area contributed by atoms with Crippen LogP contribution in [-0.4, -0.2) is 12.1 Å². The van der Waals surface area contributed by atoms with Crippen LogP contribution in [-0.2, 0) is 0 Å². The molecule has 1 saturated carbocycles. The van der Waals surface area contributed by atoms with Crippen LogP contribution in [0.15, 0.2) is 0 Å². The van der Waals surface area contributed by atoms with E-state index in [1.54, 1.807) is 0 Å². The first-order valence-electron chi connectivity index (χ1n) is 4.89. The Labute approximate surface area is 75.0 Å². The molecule has 0 aromatic carbocycles. The van der Waals surface area contributed by atoms with E-state index in [9.17, 15) is 0 Å². The summed E-state index contributed by atoms with van der Waals surface area (Å²) in [6.45, 7) is 5.24. The molecule has 1 N–H and O–H groups in total. The van der Waals surface area contributed by atoms with Crippen molar-refractivity contribution in [2.24, 2.45) is 5.92 Å². The zero-order valence-electron chi connectivity index (χ0n) is 8.06. The molecule has 0 saturated heterocycles. The summed E-state index contributed by atoms with van der Waals surface area (Å²) >= 11 is 0. The zero-order chi connectivity index (χ0) is 9.03. The Kier molecular flexibility index (Phi) is 3.11. The van der Waals surface area contributed by atoms with Gasteiger partial charge in [0.2, 0.25) is 0 Å². The molecule has 0 atom stereocenters. The molecule has 0 aliphatic heterocycles. The van der Waals surface area contributed by atoms with Gasteiger partial charge in [-0.1, -0.05) is 13.8 Å². The number of nitrogens with one attached hydrogen (secondary N) is 1. The van der Waals surface area contributed by atoms with Gasteiger partial charge in [0, 0.05) is 0 Å². The molecule has 0 spiro atoms. The van der Waals surface area contributed by atoms with Crippen molar-refractivity contribution in [2.75, 3.05) is 6.54 Å². The number of hydrogen-bond acceptors (Lipinski definition) is 2. The summed E-state index contributed by atoms with van der Waals surface area (Å²) in [6, 6.07) is 2.43. The van der Waals surface area contributed by atoms with Crippen LogP contribution in [0.2, 0.25) is 0 Å². The second-order valence-corrected chi connectivity index (χ2v) is 3.91. The molecule has 0 unspecified atom stereocenters. The van der Waals surface area contributed by atoms with Crippen molar-refractivity contribution in [1.82, 2.24) is 5.32 Å². The Morgan fingerprint density at radius 2 is 2.08 bits per heavy atom. The Bertz CT molecular complexity index is 173. The summed E-state index contributed by atoms with van der Waals surface area (Å²) < 4.78 is 0. The van der Waals surface area contributed by atoms with Crippen LogP contribution >= 0.6 is 0 Å². The molecule has 0 bridgehead atoms. The van der Waals surface area contributed by atoms with Crippen molar-refractivity contribution in [3.8, 4) is 6.07 Å². The third kappa shape index (κ3) is 1.98. The molecule has 1 fully saturated rings. The molecule has 2 nitrogen and oxygen atoms in total. The van der Waals surface area contributed by atoms with Crippen LogP contribution in [0.4, 0.5) is 0 Å². The summed E-state index contributed by atoms with van der Waals surface area (Å²) in [7, 11) is 0. The first-order chi connectivity index (χ1) is 5.72. The fraction of sp³-hybridized carbons (Fsp3) is 0.900. The summed E-state index contributed by atoms with van der Waals surface area (Å²) in [6.07, 6.45) is 4.44. The molecule has 0 aromatic heterocycles. The molecule has 2 heteroatoms. The van der Waals surface area contributed by atoms with Crippen LogP contribution in [0.5, 0.6) is 0 Å². The van der Waals surface area contributed by atoms with Crippen molar-refractivity contribution < 1.29 is 0 Å². The van der Waals surface area contributed by atoms with Gasteiger partial charge in [0.05, 0.1) is 6.07 Å². The van der Waals surface area contributed by atoms with Crippen molar-refractivity contribution in [3.05, 3.63) is 0 Å². The lowest BCUT2D eigenvalue weighted by molar-refractivity contribution is 0.253. The molecule has 68 valence electrons. The predicted molar refractivity (Wildman–Crippen MR) is 49.7 cm³/mol. The summed E-state index contributed by atoms with van der Waals surface area (Å²) in [5.74, 6) is 0.810. The van der Waals surface area contributed by atoms with E-state index in [4.69, 9.17) is 5.26 Å². The van der Waals surface area contributed by atoms with Crippen LogP contribution in [0.25, 0.3) is 0 Å². The van der Waals surface area contributed by atoms with E-state index in [1.165, 1.54) is 12.8 Å². The molecule has 0 heterocycles. The average Bonchev–Trinajstić information content (AvgIpc) is 2.10. The Hall–Kier alpha value is -0.550. The van der Waals surface area contributed by atoms with Gasteiger partial charge in [0.1, 0.15) is 5.54 Å². The molecule has 0 amide bonds. The monoisotopic (exact) mass is 166 g/mol. The minimum Gasteiger partial charge on any atom is -0.300 e. The second kappa shape index (κ2) is 3.91. The number of nitriles is 1. The lowest BCUT2D eigenvalue weighted by Gasteiger charge is -2.34. The van der Waals surface area contributed by atoms with Gasteiger partial charge in [-0.15, -0.1) is 0 Å². The molecule has 12 heavy (non-hydrogen) atoms. The molecule has 1 aliphatic carbocycles. The van der Waals surface area contributed by atoms with E-state index < -0.39 is 0 Å². The lowest BCUT2D eigenvalue weighted by Crippen LogP contribution is -2.46. The smallest absolute Gasteiger partial charge is 0.106 e. The lowest BCUT2D eigenvalue weighted by atomic mass is 9.78. The average molecular weight is 166 g/mol. The van der Waals surface area contributed by atoms with E-state index in [-0.39, 0.29) is 5.54 Å².